The lowest BCUT2D eigenvalue weighted by Gasteiger charge is -2.40. The van der Waals surface area contributed by atoms with Crippen LogP contribution in [0.2, 0.25) is 0 Å². The smallest absolute Gasteiger partial charge is 0.250 e. The van der Waals surface area contributed by atoms with Crippen molar-refractivity contribution < 1.29 is 9.69 Å². The molecule has 0 saturated carbocycles. The Morgan fingerprint density at radius 3 is 2.03 bits per heavy atom. The fraction of sp³-hybridized carbons (Fsp3) is 0.200. The van der Waals surface area contributed by atoms with E-state index < -0.39 is 0 Å². The second-order valence-corrected chi connectivity index (χ2v) is 8.75. The molecule has 1 fully saturated rings. The van der Waals surface area contributed by atoms with Crippen molar-refractivity contribution in [3.8, 4) is 0 Å². The molecule has 0 radical (unpaired) electrons. The standard InChI is InChI=1S/C25H25N3OS/c29-24(27-26-16-20-10-4-1-5-11-20)19-30-23-17-28(18-23)25(21-12-6-2-7-13-21)22-14-8-3-9-15-22/h1-16,23,25H,17-19H2,(H,27,29)/p+1/b26-16-. The number of hydrogen-bond donors (Lipinski definition) is 2. The Morgan fingerprint density at radius 2 is 1.47 bits per heavy atom. The normalized spacial score (nSPS) is 18.3. The minimum Gasteiger partial charge on any atom is -0.323 e. The van der Waals surface area contributed by atoms with E-state index in [2.05, 4.69) is 71.2 Å². The maximum Gasteiger partial charge on any atom is 0.250 e. The number of nitrogens with one attached hydrogen (secondary N) is 2. The van der Waals surface area contributed by atoms with Gasteiger partial charge in [0, 0.05) is 11.1 Å². The Bertz CT molecular complexity index is 918. The summed E-state index contributed by atoms with van der Waals surface area (Å²) in [5, 5.41) is 4.54. The van der Waals surface area contributed by atoms with Gasteiger partial charge in [-0.3, -0.25) is 4.79 Å². The molecule has 4 nitrogen and oxygen atoms in total. The maximum absolute atomic E-state index is 12.1. The fourth-order valence-corrected chi connectivity index (χ4v) is 4.89. The predicted molar refractivity (Wildman–Crippen MR) is 124 cm³/mol. The van der Waals surface area contributed by atoms with E-state index in [1.807, 2.05) is 30.3 Å². The largest absolute Gasteiger partial charge is 0.323 e. The zero-order valence-electron chi connectivity index (χ0n) is 16.8. The number of nitrogens with zero attached hydrogens (tertiary/aromatic N) is 1. The summed E-state index contributed by atoms with van der Waals surface area (Å²) < 4.78 is 0. The second kappa shape index (κ2) is 10.2. The third kappa shape index (κ3) is 5.38. The zero-order valence-corrected chi connectivity index (χ0v) is 17.6. The van der Waals surface area contributed by atoms with Gasteiger partial charge in [0.05, 0.1) is 25.1 Å². The van der Waals surface area contributed by atoms with Gasteiger partial charge >= 0.3 is 0 Å². The number of carbonyl (C=O) groups is 1. The molecule has 1 amide bonds. The fourth-order valence-electron chi connectivity index (χ4n) is 3.78. The van der Waals surface area contributed by atoms with Crippen molar-refractivity contribution in [2.75, 3.05) is 18.8 Å². The lowest BCUT2D eigenvalue weighted by molar-refractivity contribution is -0.960. The summed E-state index contributed by atoms with van der Waals surface area (Å²) >= 11 is 1.72. The molecule has 5 heteroatoms. The number of likely N-dealkylation sites (tertiary alicyclic amines) is 1. The number of benzene rings is 3. The Morgan fingerprint density at radius 1 is 0.933 bits per heavy atom. The van der Waals surface area contributed by atoms with Crippen LogP contribution < -0.4 is 10.3 Å². The van der Waals surface area contributed by atoms with Crippen molar-refractivity contribution in [1.29, 1.82) is 0 Å². The molecule has 0 bridgehead atoms. The average Bonchev–Trinajstić information content (AvgIpc) is 2.77. The zero-order chi connectivity index (χ0) is 20.6. The van der Waals surface area contributed by atoms with Gasteiger partial charge < -0.3 is 4.90 Å². The van der Waals surface area contributed by atoms with Crippen LogP contribution in [0.15, 0.2) is 96.1 Å². The molecule has 0 spiro atoms. The van der Waals surface area contributed by atoms with Gasteiger partial charge in [-0.25, -0.2) is 5.43 Å². The Labute approximate surface area is 182 Å². The highest BCUT2D eigenvalue weighted by atomic mass is 32.2. The third-order valence-corrected chi connectivity index (χ3v) is 6.54. The van der Waals surface area contributed by atoms with Crippen molar-refractivity contribution in [1.82, 2.24) is 5.43 Å². The van der Waals surface area contributed by atoms with Gasteiger partial charge in [0.2, 0.25) is 5.91 Å². The van der Waals surface area contributed by atoms with E-state index in [-0.39, 0.29) is 5.91 Å². The van der Waals surface area contributed by atoms with E-state index in [0.29, 0.717) is 17.0 Å². The highest BCUT2D eigenvalue weighted by molar-refractivity contribution is 8.00. The molecule has 0 atom stereocenters. The van der Waals surface area contributed by atoms with Crippen LogP contribution >= 0.6 is 11.8 Å². The first kappa shape index (κ1) is 20.4. The number of hydrazone groups is 1. The molecule has 0 aliphatic carbocycles. The predicted octanol–water partition coefficient (Wildman–Crippen LogP) is 2.93. The van der Waals surface area contributed by atoms with Crippen LogP contribution in [0.5, 0.6) is 0 Å². The molecule has 0 aromatic heterocycles. The molecule has 1 saturated heterocycles. The topological polar surface area (TPSA) is 45.9 Å². The van der Waals surface area contributed by atoms with Crippen molar-refractivity contribution in [3.05, 3.63) is 108 Å². The monoisotopic (exact) mass is 416 g/mol. The summed E-state index contributed by atoms with van der Waals surface area (Å²) in [6, 6.07) is 31.5. The summed E-state index contributed by atoms with van der Waals surface area (Å²) in [5.41, 5.74) is 6.28. The third-order valence-electron chi connectivity index (χ3n) is 5.31. The van der Waals surface area contributed by atoms with Crippen molar-refractivity contribution in [2.45, 2.75) is 11.3 Å². The summed E-state index contributed by atoms with van der Waals surface area (Å²) in [4.78, 5) is 13.6. The Hall–Kier alpha value is -2.89. The molecule has 3 aromatic carbocycles. The Balaban J connectivity index is 1.27. The minimum absolute atomic E-state index is 0.0525. The molecular formula is C25H26N3OS+. The molecule has 3 aromatic rings. The number of quaternary nitrogens is 1. The van der Waals surface area contributed by atoms with Crippen LogP contribution in [-0.2, 0) is 4.79 Å². The summed E-state index contributed by atoms with van der Waals surface area (Å²) in [6.07, 6.45) is 1.67. The highest BCUT2D eigenvalue weighted by Crippen LogP contribution is 2.22. The first-order valence-corrected chi connectivity index (χ1v) is 11.3. The van der Waals surface area contributed by atoms with E-state index in [9.17, 15) is 4.79 Å². The molecule has 1 aliphatic heterocycles. The number of rotatable bonds is 8. The van der Waals surface area contributed by atoms with Crippen LogP contribution in [-0.4, -0.2) is 36.2 Å². The molecule has 152 valence electrons. The van der Waals surface area contributed by atoms with Gasteiger partial charge in [-0.2, -0.15) is 5.10 Å². The van der Waals surface area contributed by atoms with Gasteiger partial charge in [-0.05, 0) is 5.56 Å². The highest BCUT2D eigenvalue weighted by Gasteiger charge is 2.38. The summed E-state index contributed by atoms with van der Waals surface area (Å²) in [5.74, 6) is 0.383. The van der Waals surface area contributed by atoms with Gasteiger partial charge in [0.25, 0.3) is 0 Å². The second-order valence-electron chi connectivity index (χ2n) is 7.46. The first-order valence-electron chi connectivity index (χ1n) is 10.2. The molecule has 0 unspecified atom stereocenters. The molecule has 1 heterocycles. The first-order chi connectivity index (χ1) is 14.8. The lowest BCUT2D eigenvalue weighted by Crippen LogP contribution is -3.21. The minimum atomic E-state index is -0.0525. The molecule has 2 N–H and O–H groups in total. The van der Waals surface area contributed by atoms with Crippen molar-refractivity contribution in [2.24, 2.45) is 5.10 Å². The van der Waals surface area contributed by atoms with Gasteiger partial charge in [0.15, 0.2) is 0 Å². The van der Waals surface area contributed by atoms with Crippen LogP contribution in [0.4, 0.5) is 0 Å². The van der Waals surface area contributed by atoms with Crippen molar-refractivity contribution in [3.63, 3.8) is 0 Å². The van der Waals surface area contributed by atoms with Crippen LogP contribution in [0, 0.1) is 0 Å². The quantitative estimate of drug-likeness (QED) is 0.438. The van der Waals surface area contributed by atoms with E-state index in [1.54, 1.807) is 22.9 Å². The number of amides is 1. The van der Waals surface area contributed by atoms with Crippen LogP contribution in [0.25, 0.3) is 0 Å². The Kier molecular flexibility index (Phi) is 6.95. The SMILES string of the molecule is O=C(CSC1C[NH+](C(c2ccccc2)c2ccccc2)C1)N/N=C\c1ccccc1. The molecule has 1 aliphatic rings. The van der Waals surface area contributed by atoms with E-state index in [1.165, 1.54) is 11.1 Å². The van der Waals surface area contributed by atoms with Crippen molar-refractivity contribution >= 4 is 23.9 Å². The van der Waals surface area contributed by atoms with Gasteiger partial charge in [0.1, 0.15) is 11.3 Å². The molecule has 30 heavy (non-hydrogen) atoms. The van der Waals surface area contributed by atoms with Gasteiger partial charge in [-0.1, -0.05) is 91.0 Å². The summed E-state index contributed by atoms with van der Waals surface area (Å²) in [6.45, 7) is 2.11. The molecule has 4 rings (SSSR count). The number of carbonyl (C=O) groups excluding carboxylic acids is 1. The van der Waals surface area contributed by atoms with E-state index >= 15 is 0 Å². The lowest BCUT2D eigenvalue weighted by atomic mass is 9.94. The number of thioether (sulfide) groups is 1. The average molecular weight is 417 g/mol. The molecular weight excluding hydrogens is 390 g/mol. The van der Waals surface area contributed by atoms with Crippen LogP contribution in [0.3, 0.4) is 0 Å². The van der Waals surface area contributed by atoms with E-state index in [0.717, 1.165) is 18.7 Å². The number of hydrogen-bond acceptors (Lipinski definition) is 3. The van der Waals surface area contributed by atoms with E-state index in [4.69, 9.17) is 0 Å². The maximum atomic E-state index is 12.1. The summed E-state index contributed by atoms with van der Waals surface area (Å²) in [7, 11) is 0. The van der Waals surface area contributed by atoms with Crippen LogP contribution in [0.1, 0.15) is 22.7 Å². The van der Waals surface area contributed by atoms with Gasteiger partial charge in [-0.15, -0.1) is 11.8 Å².